The number of methoxy groups -OCH3 is 2. The summed E-state index contributed by atoms with van der Waals surface area (Å²) >= 11 is 0. The molecule has 1 amide bonds. The van der Waals surface area contributed by atoms with E-state index in [-0.39, 0.29) is 0 Å². The summed E-state index contributed by atoms with van der Waals surface area (Å²) in [6.45, 7) is 0. The summed E-state index contributed by atoms with van der Waals surface area (Å²) in [5.41, 5.74) is 3.73. The minimum Gasteiger partial charge on any atom is -0.453 e. The minimum absolute atomic E-state index is 0.487. The Kier molecular flexibility index (Phi) is 5.96. The van der Waals surface area contributed by atoms with Crippen molar-refractivity contribution >= 4 is 17.5 Å². The van der Waals surface area contributed by atoms with E-state index in [2.05, 4.69) is 15.4 Å². The van der Waals surface area contributed by atoms with Crippen molar-refractivity contribution in [2.45, 2.75) is 12.8 Å². The molecule has 0 fully saturated rings. The number of benzene rings is 2. The molecule has 0 bridgehead atoms. The molecule has 2 aromatic carbocycles. The van der Waals surface area contributed by atoms with Gasteiger partial charge < -0.3 is 19.9 Å². The van der Waals surface area contributed by atoms with E-state index in [4.69, 9.17) is 4.74 Å². The molecule has 0 radical (unpaired) electrons. The van der Waals surface area contributed by atoms with Crippen LogP contribution in [0.2, 0.25) is 0 Å². The van der Waals surface area contributed by atoms with Gasteiger partial charge in [-0.15, -0.1) is 0 Å². The number of hydrogen-bond acceptors (Lipinski definition) is 5. The third kappa shape index (κ3) is 5.28. The maximum Gasteiger partial charge on any atom is 0.411 e. The molecule has 122 valence electrons. The fraction of sp³-hybridized carbons (Fsp3) is 0.235. The van der Waals surface area contributed by atoms with Crippen molar-refractivity contribution in [3.8, 4) is 0 Å². The quantitative estimate of drug-likeness (QED) is 0.714. The monoisotopic (exact) mass is 316 g/mol. The molecular weight excluding hydrogens is 296 g/mol. The summed E-state index contributed by atoms with van der Waals surface area (Å²) in [4.78, 5) is 11.1. The number of nitrogens with one attached hydrogen (secondary N) is 2. The van der Waals surface area contributed by atoms with E-state index in [1.807, 2.05) is 48.5 Å². The van der Waals surface area contributed by atoms with Crippen molar-refractivity contribution in [3.63, 3.8) is 0 Å². The molecule has 0 heterocycles. The maximum absolute atomic E-state index is 11.1. The molecule has 0 aliphatic rings. The van der Waals surface area contributed by atoms with Gasteiger partial charge in [-0.05, 0) is 41.8 Å². The van der Waals surface area contributed by atoms with Gasteiger partial charge in [0.1, 0.15) is 0 Å². The molecule has 1 unspecified atom stereocenters. The van der Waals surface area contributed by atoms with Crippen LogP contribution in [0.3, 0.4) is 0 Å². The fourth-order valence-corrected chi connectivity index (χ4v) is 2.03. The number of anilines is 2. The molecule has 0 aliphatic carbocycles. The van der Waals surface area contributed by atoms with Crippen molar-refractivity contribution in [1.29, 1.82) is 0 Å². The van der Waals surface area contributed by atoms with E-state index in [0.717, 1.165) is 23.2 Å². The first-order chi connectivity index (χ1) is 11.1. The molecule has 0 saturated heterocycles. The molecule has 0 spiro atoms. The Labute approximate surface area is 135 Å². The highest BCUT2D eigenvalue weighted by Crippen LogP contribution is 2.16. The van der Waals surface area contributed by atoms with Gasteiger partial charge in [0.25, 0.3) is 0 Å². The van der Waals surface area contributed by atoms with Gasteiger partial charge in [0.2, 0.25) is 6.41 Å². The van der Waals surface area contributed by atoms with E-state index in [9.17, 15) is 9.90 Å². The Bertz CT molecular complexity index is 626. The van der Waals surface area contributed by atoms with Crippen molar-refractivity contribution in [1.82, 2.24) is 0 Å². The number of aliphatic hydroxyl groups excluding tert-OH is 1. The Morgan fingerprint density at radius 2 is 1.52 bits per heavy atom. The number of rotatable bonds is 6. The Hall–Kier alpha value is -2.57. The third-order valence-electron chi connectivity index (χ3n) is 3.26. The van der Waals surface area contributed by atoms with Crippen LogP contribution in [0.25, 0.3) is 0 Å². The number of amides is 1. The highest BCUT2D eigenvalue weighted by molar-refractivity contribution is 5.84. The summed E-state index contributed by atoms with van der Waals surface area (Å²) in [5.74, 6) is 0. The third-order valence-corrected chi connectivity index (χ3v) is 3.26. The molecule has 0 saturated carbocycles. The smallest absolute Gasteiger partial charge is 0.411 e. The van der Waals surface area contributed by atoms with Crippen LogP contribution in [0.5, 0.6) is 0 Å². The van der Waals surface area contributed by atoms with Crippen molar-refractivity contribution in [2.24, 2.45) is 0 Å². The molecule has 2 rings (SSSR count). The molecule has 6 nitrogen and oxygen atoms in total. The van der Waals surface area contributed by atoms with Crippen LogP contribution in [-0.4, -0.2) is 31.8 Å². The predicted molar refractivity (Wildman–Crippen MR) is 88.4 cm³/mol. The maximum atomic E-state index is 11.1. The summed E-state index contributed by atoms with van der Waals surface area (Å²) in [5, 5.41) is 14.8. The second-order valence-electron chi connectivity index (χ2n) is 4.92. The topological polar surface area (TPSA) is 79.8 Å². The van der Waals surface area contributed by atoms with E-state index in [0.29, 0.717) is 5.69 Å². The van der Waals surface area contributed by atoms with E-state index >= 15 is 0 Å². The molecule has 0 aliphatic heterocycles. The van der Waals surface area contributed by atoms with E-state index in [1.54, 1.807) is 0 Å². The van der Waals surface area contributed by atoms with Crippen molar-refractivity contribution in [3.05, 3.63) is 59.7 Å². The first-order valence-electron chi connectivity index (χ1n) is 7.11. The number of carbonyl (C=O) groups is 1. The lowest BCUT2D eigenvalue weighted by Gasteiger charge is -2.12. The minimum atomic E-state index is -1.02. The van der Waals surface area contributed by atoms with Crippen LogP contribution in [0.4, 0.5) is 16.2 Å². The van der Waals surface area contributed by atoms with E-state index < -0.39 is 12.5 Å². The zero-order valence-corrected chi connectivity index (χ0v) is 13.1. The lowest BCUT2D eigenvalue weighted by atomic mass is 10.0. The zero-order valence-electron chi connectivity index (χ0n) is 13.1. The predicted octanol–water partition coefficient (Wildman–Crippen LogP) is 2.79. The van der Waals surface area contributed by atoms with Crippen LogP contribution >= 0.6 is 0 Å². The number of carbonyl (C=O) groups excluding carboxylic acids is 1. The molecule has 3 N–H and O–H groups in total. The SMILES string of the molecule is COC(=O)Nc1ccc(Cc2ccc(NC(O)OC)cc2)cc1. The molecule has 0 aromatic heterocycles. The highest BCUT2D eigenvalue weighted by atomic mass is 16.6. The Morgan fingerprint density at radius 3 is 2.00 bits per heavy atom. The van der Waals surface area contributed by atoms with Gasteiger partial charge in [0.15, 0.2) is 0 Å². The normalized spacial score (nSPS) is 11.6. The van der Waals surface area contributed by atoms with Crippen LogP contribution in [0, 0.1) is 0 Å². The number of ether oxygens (including phenoxy) is 2. The summed E-state index contributed by atoms with van der Waals surface area (Å²) in [7, 11) is 2.75. The summed E-state index contributed by atoms with van der Waals surface area (Å²) in [6, 6.07) is 15.3. The number of hydrogen-bond donors (Lipinski definition) is 3. The zero-order chi connectivity index (χ0) is 16.7. The van der Waals surface area contributed by atoms with Gasteiger partial charge in [-0.25, -0.2) is 4.79 Å². The highest BCUT2D eigenvalue weighted by Gasteiger charge is 2.03. The fourth-order valence-electron chi connectivity index (χ4n) is 2.03. The van der Waals surface area contributed by atoms with Gasteiger partial charge >= 0.3 is 6.09 Å². The van der Waals surface area contributed by atoms with Crippen LogP contribution < -0.4 is 10.6 Å². The van der Waals surface area contributed by atoms with Crippen LogP contribution in [0.1, 0.15) is 11.1 Å². The molecule has 1 atom stereocenters. The van der Waals surface area contributed by atoms with Crippen molar-refractivity contribution < 1.29 is 19.4 Å². The largest absolute Gasteiger partial charge is 0.453 e. The second kappa shape index (κ2) is 8.17. The molecule has 23 heavy (non-hydrogen) atoms. The Balaban J connectivity index is 1.95. The second-order valence-corrected chi connectivity index (χ2v) is 4.92. The van der Waals surface area contributed by atoms with Crippen LogP contribution in [-0.2, 0) is 15.9 Å². The standard InChI is InChI=1S/C17H20N2O4/c1-22-16(20)18-14-7-3-12(4-8-14)11-13-5-9-15(10-6-13)19-17(21)23-2/h3-10,16,18,20H,11H2,1-2H3,(H,19,21). The average molecular weight is 316 g/mol. The van der Waals surface area contributed by atoms with E-state index in [1.165, 1.54) is 14.2 Å². The van der Waals surface area contributed by atoms with Gasteiger partial charge in [-0.2, -0.15) is 0 Å². The average Bonchev–Trinajstić information content (AvgIpc) is 2.58. The van der Waals surface area contributed by atoms with Gasteiger partial charge in [-0.3, -0.25) is 5.32 Å². The molecule has 2 aromatic rings. The van der Waals surface area contributed by atoms with Crippen molar-refractivity contribution in [2.75, 3.05) is 24.9 Å². The first-order valence-corrected chi connectivity index (χ1v) is 7.11. The Morgan fingerprint density at radius 1 is 1.00 bits per heavy atom. The van der Waals surface area contributed by atoms with Gasteiger partial charge in [0, 0.05) is 18.5 Å². The van der Waals surface area contributed by atoms with Crippen LogP contribution in [0.15, 0.2) is 48.5 Å². The molecule has 6 heteroatoms. The lowest BCUT2D eigenvalue weighted by molar-refractivity contribution is -0.0509. The molecular formula is C17H20N2O4. The summed E-state index contributed by atoms with van der Waals surface area (Å²) in [6.07, 6.45) is -0.735. The first kappa shape index (κ1) is 16.8. The lowest BCUT2D eigenvalue weighted by Crippen LogP contribution is -2.20. The van der Waals surface area contributed by atoms with Gasteiger partial charge in [-0.1, -0.05) is 24.3 Å². The number of aliphatic hydroxyl groups is 1. The summed E-state index contributed by atoms with van der Waals surface area (Å²) < 4.78 is 9.28. The van der Waals surface area contributed by atoms with Gasteiger partial charge in [0.05, 0.1) is 7.11 Å².